The summed E-state index contributed by atoms with van der Waals surface area (Å²) in [5, 5.41) is 3.68. The molecule has 2 N–H and O–H groups in total. The Balaban J connectivity index is 2.32. The summed E-state index contributed by atoms with van der Waals surface area (Å²) in [7, 11) is 0. The molecule has 0 saturated heterocycles. The van der Waals surface area contributed by atoms with Crippen molar-refractivity contribution in [2.75, 3.05) is 6.54 Å². The highest BCUT2D eigenvalue weighted by atomic mass is 19.4. The molecule has 0 amide bonds. The zero-order valence-corrected chi connectivity index (χ0v) is 9.73. The lowest BCUT2D eigenvalue weighted by atomic mass is 10.1. The number of rotatable bonds is 3. The predicted molar refractivity (Wildman–Crippen MR) is 60.8 cm³/mol. The van der Waals surface area contributed by atoms with E-state index in [9.17, 15) is 17.6 Å². The average Bonchev–Trinajstić information content (AvgIpc) is 2.82. The Morgan fingerprint density at radius 1 is 1.21 bits per heavy atom. The van der Waals surface area contributed by atoms with Crippen LogP contribution >= 0.6 is 0 Å². The van der Waals surface area contributed by atoms with Gasteiger partial charge < -0.3 is 5.73 Å². The number of halogens is 4. The van der Waals surface area contributed by atoms with Crippen molar-refractivity contribution in [1.29, 1.82) is 0 Å². The monoisotopic (exact) mass is 273 g/mol. The maximum absolute atomic E-state index is 12.8. The molecule has 7 heteroatoms. The zero-order valence-electron chi connectivity index (χ0n) is 9.73. The molecule has 1 atom stereocenters. The van der Waals surface area contributed by atoms with Gasteiger partial charge in [0.2, 0.25) is 0 Å². The van der Waals surface area contributed by atoms with Crippen LogP contribution in [0.5, 0.6) is 0 Å². The standard InChI is InChI=1S/C12H11F4N3/c13-10-3-1-8(2-4-10)11(5-17)19-7-9(6-18-19)12(14,15)16/h1-4,6-7,11H,5,17H2. The van der Waals surface area contributed by atoms with Gasteiger partial charge in [0.25, 0.3) is 0 Å². The minimum atomic E-state index is -4.44. The number of nitrogens with zero attached hydrogens (tertiary/aromatic N) is 2. The fourth-order valence-corrected chi connectivity index (χ4v) is 1.74. The van der Waals surface area contributed by atoms with E-state index < -0.39 is 23.6 Å². The Morgan fingerprint density at radius 3 is 2.32 bits per heavy atom. The highest BCUT2D eigenvalue weighted by Crippen LogP contribution is 2.29. The summed E-state index contributed by atoms with van der Waals surface area (Å²) in [6, 6.07) is 4.85. The van der Waals surface area contributed by atoms with Gasteiger partial charge in [-0.3, -0.25) is 4.68 Å². The van der Waals surface area contributed by atoms with E-state index in [1.165, 1.54) is 24.3 Å². The summed E-state index contributed by atoms with van der Waals surface area (Å²) in [5.74, 6) is -0.420. The number of benzene rings is 1. The Morgan fingerprint density at radius 2 is 1.84 bits per heavy atom. The van der Waals surface area contributed by atoms with Crippen LogP contribution in [0.2, 0.25) is 0 Å². The van der Waals surface area contributed by atoms with E-state index in [0.29, 0.717) is 5.56 Å². The van der Waals surface area contributed by atoms with Crippen LogP contribution in [0.4, 0.5) is 17.6 Å². The van der Waals surface area contributed by atoms with Crippen molar-refractivity contribution in [3.8, 4) is 0 Å². The fourth-order valence-electron chi connectivity index (χ4n) is 1.74. The molecule has 0 aliphatic heterocycles. The zero-order chi connectivity index (χ0) is 14.0. The summed E-state index contributed by atoms with van der Waals surface area (Å²) >= 11 is 0. The van der Waals surface area contributed by atoms with E-state index in [1.54, 1.807) is 0 Å². The molecule has 2 rings (SSSR count). The number of hydrogen-bond acceptors (Lipinski definition) is 2. The van der Waals surface area contributed by atoms with Crippen LogP contribution in [0.1, 0.15) is 17.2 Å². The molecule has 0 aliphatic rings. The van der Waals surface area contributed by atoms with Gasteiger partial charge in [-0.1, -0.05) is 12.1 Å². The number of alkyl halides is 3. The van der Waals surface area contributed by atoms with Crippen LogP contribution in [0.3, 0.4) is 0 Å². The molecule has 0 saturated carbocycles. The topological polar surface area (TPSA) is 43.8 Å². The van der Waals surface area contributed by atoms with Crippen molar-refractivity contribution in [2.45, 2.75) is 12.2 Å². The summed E-state index contributed by atoms with van der Waals surface area (Å²) in [5.41, 5.74) is 5.32. The minimum absolute atomic E-state index is 0.0601. The van der Waals surface area contributed by atoms with Crippen LogP contribution in [0.25, 0.3) is 0 Å². The Hall–Kier alpha value is -1.89. The first kappa shape index (κ1) is 13.5. The van der Waals surface area contributed by atoms with Crippen molar-refractivity contribution >= 4 is 0 Å². The Bertz CT molecular complexity index is 545. The lowest BCUT2D eigenvalue weighted by Crippen LogP contribution is -2.21. The van der Waals surface area contributed by atoms with Crippen molar-refractivity contribution in [2.24, 2.45) is 5.73 Å². The van der Waals surface area contributed by atoms with Gasteiger partial charge in [0.1, 0.15) is 5.82 Å². The van der Waals surface area contributed by atoms with Gasteiger partial charge in [-0.05, 0) is 17.7 Å². The number of hydrogen-bond donors (Lipinski definition) is 1. The lowest BCUT2D eigenvalue weighted by Gasteiger charge is -2.15. The summed E-state index contributed by atoms with van der Waals surface area (Å²) in [4.78, 5) is 0. The second kappa shape index (κ2) is 5.00. The largest absolute Gasteiger partial charge is 0.419 e. The van der Waals surface area contributed by atoms with E-state index in [-0.39, 0.29) is 6.54 Å². The van der Waals surface area contributed by atoms with Crippen molar-refractivity contribution < 1.29 is 17.6 Å². The Kier molecular flexibility index (Phi) is 3.57. The molecule has 2 aromatic rings. The molecule has 1 heterocycles. The quantitative estimate of drug-likeness (QED) is 0.873. The molecule has 1 unspecified atom stereocenters. The number of nitrogens with two attached hydrogens (primary N) is 1. The van der Waals surface area contributed by atoms with Gasteiger partial charge >= 0.3 is 6.18 Å². The molecule has 0 bridgehead atoms. The molecule has 3 nitrogen and oxygen atoms in total. The summed E-state index contributed by atoms with van der Waals surface area (Å²) in [6.07, 6.45) is -2.81. The molecule has 1 aromatic heterocycles. The van der Waals surface area contributed by atoms with Gasteiger partial charge in [0.15, 0.2) is 0 Å². The molecule has 0 fully saturated rings. The van der Waals surface area contributed by atoms with E-state index in [0.717, 1.165) is 17.1 Å². The van der Waals surface area contributed by atoms with Crippen LogP contribution in [-0.4, -0.2) is 16.3 Å². The molecule has 19 heavy (non-hydrogen) atoms. The SMILES string of the molecule is NCC(c1ccc(F)cc1)n1cc(C(F)(F)F)cn1. The van der Waals surface area contributed by atoms with Gasteiger partial charge in [-0.15, -0.1) is 0 Å². The minimum Gasteiger partial charge on any atom is -0.328 e. The molecule has 0 radical (unpaired) electrons. The molecule has 0 aliphatic carbocycles. The van der Waals surface area contributed by atoms with E-state index in [2.05, 4.69) is 5.10 Å². The average molecular weight is 273 g/mol. The second-order valence-electron chi connectivity index (χ2n) is 4.01. The normalized spacial score (nSPS) is 13.5. The van der Waals surface area contributed by atoms with E-state index in [4.69, 9.17) is 5.73 Å². The molecule has 1 aromatic carbocycles. The van der Waals surface area contributed by atoms with E-state index >= 15 is 0 Å². The van der Waals surface area contributed by atoms with Crippen LogP contribution in [-0.2, 0) is 6.18 Å². The van der Waals surface area contributed by atoms with Crippen LogP contribution in [0.15, 0.2) is 36.7 Å². The van der Waals surface area contributed by atoms with Crippen LogP contribution in [0, 0.1) is 5.82 Å². The fraction of sp³-hybridized carbons (Fsp3) is 0.250. The van der Waals surface area contributed by atoms with E-state index in [1.807, 2.05) is 0 Å². The molecule has 0 spiro atoms. The van der Waals surface area contributed by atoms with Crippen LogP contribution < -0.4 is 5.73 Å². The highest BCUT2D eigenvalue weighted by Gasteiger charge is 2.32. The first-order chi connectivity index (χ1) is 8.91. The van der Waals surface area contributed by atoms with Gasteiger partial charge in [0.05, 0.1) is 17.8 Å². The first-order valence-corrected chi connectivity index (χ1v) is 5.48. The van der Waals surface area contributed by atoms with Crippen molar-refractivity contribution in [3.05, 3.63) is 53.6 Å². The van der Waals surface area contributed by atoms with Gasteiger partial charge in [0, 0.05) is 12.7 Å². The van der Waals surface area contributed by atoms with Gasteiger partial charge in [-0.25, -0.2) is 4.39 Å². The third kappa shape index (κ3) is 2.93. The second-order valence-corrected chi connectivity index (χ2v) is 4.01. The van der Waals surface area contributed by atoms with Gasteiger partial charge in [-0.2, -0.15) is 18.3 Å². The summed E-state index contributed by atoms with van der Waals surface area (Å²) < 4.78 is 51.4. The third-order valence-corrected chi connectivity index (χ3v) is 2.73. The maximum Gasteiger partial charge on any atom is 0.419 e. The first-order valence-electron chi connectivity index (χ1n) is 5.48. The summed E-state index contributed by atoms with van der Waals surface area (Å²) in [6.45, 7) is 0.0601. The Labute approximate surface area is 106 Å². The smallest absolute Gasteiger partial charge is 0.328 e. The predicted octanol–water partition coefficient (Wildman–Crippen LogP) is 2.59. The lowest BCUT2D eigenvalue weighted by molar-refractivity contribution is -0.137. The molecule has 102 valence electrons. The molecular weight excluding hydrogens is 262 g/mol. The van der Waals surface area contributed by atoms with Crippen molar-refractivity contribution in [1.82, 2.24) is 9.78 Å². The number of aromatic nitrogens is 2. The third-order valence-electron chi connectivity index (χ3n) is 2.73. The maximum atomic E-state index is 12.8. The highest BCUT2D eigenvalue weighted by molar-refractivity contribution is 5.22. The van der Waals surface area contributed by atoms with Crippen molar-refractivity contribution in [3.63, 3.8) is 0 Å². The molecular formula is C12H11F4N3.